The molecule has 0 aromatic rings. The predicted molar refractivity (Wildman–Crippen MR) is 66.4 cm³/mol. The standard InChI is InChI=1S/C14H26O2/c1-4-9-14(3,13(15)16)12-8-6-7-11(5-2)10-12/h11-12H,4-10H2,1-3H3,(H,15,16). The van der Waals surface area contributed by atoms with Crippen LogP contribution in [0.2, 0.25) is 0 Å². The van der Waals surface area contributed by atoms with Gasteiger partial charge in [0.15, 0.2) is 0 Å². The molecule has 3 unspecified atom stereocenters. The second-order valence-corrected chi connectivity index (χ2v) is 5.61. The highest BCUT2D eigenvalue weighted by molar-refractivity contribution is 5.74. The second-order valence-electron chi connectivity index (χ2n) is 5.61. The zero-order valence-electron chi connectivity index (χ0n) is 11.0. The lowest BCUT2D eigenvalue weighted by molar-refractivity contribution is -0.153. The van der Waals surface area contributed by atoms with Crippen LogP contribution in [-0.2, 0) is 4.79 Å². The molecule has 16 heavy (non-hydrogen) atoms. The van der Waals surface area contributed by atoms with Gasteiger partial charge in [-0.05, 0) is 38.0 Å². The minimum Gasteiger partial charge on any atom is -0.481 e. The smallest absolute Gasteiger partial charge is 0.309 e. The summed E-state index contributed by atoms with van der Waals surface area (Å²) in [5, 5.41) is 9.47. The van der Waals surface area contributed by atoms with Gasteiger partial charge < -0.3 is 5.11 Å². The van der Waals surface area contributed by atoms with E-state index in [1.165, 1.54) is 19.3 Å². The van der Waals surface area contributed by atoms with Crippen LogP contribution in [0.4, 0.5) is 0 Å². The molecule has 1 aliphatic rings. The van der Waals surface area contributed by atoms with Crippen molar-refractivity contribution in [1.82, 2.24) is 0 Å². The summed E-state index contributed by atoms with van der Waals surface area (Å²) in [6.45, 7) is 6.27. The highest BCUT2D eigenvalue weighted by atomic mass is 16.4. The van der Waals surface area contributed by atoms with Gasteiger partial charge in [-0.1, -0.05) is 39.5 Å². The minimum atomic E-state index is -0.587. The van der Waals surface area contributed by atoms with Crippen LogP contribution in [0, 0.1) is 17.3 Å². The summed E-state index contributed by atoms with van der Waals surface area (Å²) in [5.74, 6) is 0.564. The van der Waals surface area contributed by atoms with Crippen LogP contribution >= 0.6 is 0 Å². The fourth-order valence-electron chi connectivity index (χ4n) is 3.25. The van der Waals surface area contributed by atoms with Gasteiger partial charge in [0.05, 0.1) is 5.41 Å². The fourth-order valence-corrected chi connectivity index (χ4v) is 3.25. The normalized spacial score (nSPS) is 29.7. The number of carbonyl (C=O) groups is 1. The molecule has 1 rings (SSSR count). The second kappa shape index (κ2) is 5.70. The highest BCUT2D eigenvalue weighted by Gasteiger charge is 2.42. The molecule has 0 bridgehead atoms. The van der Waals surface area contributed by atoms with Gasteiger partial charge in [0.1, 0.15) is 0 Å². The van der Waals surface area contributed by atoms with Crippen molar-refractivity contribution in [2.45, 2.75) is 65.7 Å². The lowest BCUT2D eigenvalue weighted by atomic mass is 9.65. The van der Waals surface area contributed by atoms with E-state index in [0.29, 0.717) is 5.92 Å². The van der Waals surface area contributed by atoms with Crippen molar-refractivity contribution in [1.29, 1.82) is 0 Å². The third-order valence-corrected chi connectivity index (χ3v) is 4.52. The van der Waals surface area contributed by atoms with Crippen molar-refractivity contribution in [3.8, 4) is 0 Å². The third kappa shape index (κ3) is 2.78. The molecular formula is C14H26O2. The van der Waals surface area contributed by atoms with Crippen LogP contribution in [0.5, 0.6) is 0 Å². The van der Waals surface area contributed by atoms with Crippen molar-refractivity contribution in [2.75, 3.05) is 0 Å². The van der Waals surface area contributed by atoms with Crippen LogP contribution in [0.15, 0.2) is 0 Å². The molecule has 2 heteroatoms. The highest BCUT2D eigenvalue weighted by Crippen LogP contribution is 2.44. The molecule has 0 saturated heterocycles. The maximum atomic E-state index is 11.5. The van der Waals surface area contributed by atoms with E-state index in [1.807, 2.05) is 6.92 Å². The van der Waals surface area contributed by atoms with Gasteiger partial charge >= 0.3 is 5.97 Å². The summed E-state index contributed by atoms with van der Waals surface area (Å²) in [7, 11) is 0. The van der Waals surface area contributed by atoms with Crippen molar-refractivity contribution in [2.24, 2.45) is 17.3 Å². The quantitative estimate of drug-likeness (QED) is 0.766. The molecule has 94 valence electrons. The van der Waals surface area contributed by atoms with E-state index in [4.69, 9.17) is 0 Å². The third-order valence-electron chi connectivity index (χ3n) is 4.52. The monoisotopic (exact) mass is 226 g/mol. The summed E-state index contributed by atoms with van der Waals surface area (Å²) in [6, 6.07) is 0. The maximum Gasteiger partial charge on any atom is 0.309 e. The molecule has 0 radical (unpaired) electrons. The first-order chi connectivity index (χ1) is 7.54. The van der Waals surface area contributed by atoms with Crippen LogP contribution in [-0.4, -0.2) is 11.1 Å². The molecule has 0 aliphatic heterocycles. The molecule has 0 spiro atoms. The van der Waals surface area contributed by atoms with Crippen molar-refractivity contribution in [3.63, 3.8) is 0 Å². The molecule has 1 aliphatic carbocycles. The van der Waals surface area contributed by atoms with Crippen LogP contribution < -0.4 is 0 Å². The number of aliphatic carboxylic acids is 1. The van der Waals surface area contributed by atoms with E-state index in [9.17, 15) is 9.90 Å². The summed E-state index contributed by atoms with van der Waals surface area (Å²) in [5.41, 5.74) is -0.484. The molecule has 2 nitrogen and oxygen atoms in total. The summed E-state index contributed by atoms with van der Waals surface area (Å²) < 4.78 is 0. The Balaban J connectivity index is 2.74. The summed E-state index contributed by atoms with van der Waals surface area (Å²) >= 11 is 0. The number of rotatable bonds is 5. The first-order valence-corrected chi connectivity index (χ1v) is 6.78. The molecule has 0 heterocycles. The van der Waals surface area contributed by atoms with E-state index >= 15 is 0 Å². The van der Waals surface area contributed by atoms with Crippen molar-refractivity contribution < 1.29 is 9.90 Å². The molecule has 3 atom stereocenters. The molecule has 0 aromatic carbocycles. The lowest BCUT2D eigenvalue weighted by Crippen LogP contribution is -2.38. The zero-order valence-corrected chi connectivity index (χ0v) is 11.0. The van der Waals surface area contributed by atoms with Gasteiger partial charge in [-0.2, -0.15) is 0 Å². The zero-order chi connectivity index (χ0) is 12.2. The van der Waals surface area contributed by atoms with Crippen molar-refractivity contribution in [3.05, 3.63) is 0 Å². The Kier molecular flexibility index (Phi) is 4.82. The van der Waals surface area contributed by atoms with Gasteiger partial charge in [-0.3, -0.25) is 4.79 Å². The Hall–Kier alpha value is -0.530. The van der Waals surface area contributed by atoms with Gasteiger partial charge in [-0.25, -0.2) is 0 Å². The largest absolute Gasteiger partial charge is 0.481 e. The Morgan fingerprint density at radius 1 is 1.38 bits per heavy atom. The summed E-state index contributed by atoms with van der Waals surface area (Å²) in [6.07, 6.45) is 7.75. The van der Waals surface area contributed by atoms with Crippen molar-refractivity contribution >= 4 is 5.97 Å². The number of carboxylic acids is 1. The van der Waals surface area contributed by atoms with Crippen LogP contribution in [0.1, 0.15) is 65.7 Å². The number of carboxylic acid groups (broad SMARTS) is 1. The Bertz CT molecular complexity index is 237. The molecule has 0 amide bonds. The molecule has 0 aromatic heterocycles. The Morgan fingerprint density at radius 3 is 2.56 bits per heavy atom. The van der Waals surface area contributed by atoms with E-state index in [2.05, 4.69) is 13.8 Å². The van der Waals surface area contributed by atoms with Gasteiger partial charge in [0.2, 0.25) is 0 Å². The Morgan fingerprint density at radius 2 is 2.06 bits per heavy atom. The maximum absolute atomic E-state index is 11.5. The molecule has 1 saturated carbocycles. The Labute approximate surface area is 99.4 Å². The average molecular weight is 226 g/mol. The van der Waals surface area contributed by atoms with Gasteiger partial charge in [0, 0.05) is 0 Å². The van der Waals surface area contributed by atoms with Crippen LogP contribution in [0.25, 0.3) is 0 Å². The van der Waals surface area contributed by atoms with Gasteiger partial charge in [0.25, 0.3) is 0 Å². The predicted octanol–water partition coefficient (Wildman–Crippen LogP) is 4.09. The SMILES string of the molecule is CCCC(C)(C(=O)O)C1CCCC(CC)C1. The molecule has 1 N–H and O–H groups in total. The van der Waals surface area contributed by atoms with E-state index < -0.39 is 11.4 Å². The minimum absolute atomic E-state index is 0.392. The number of hydrogen-bond donors (Lipinski definition) is 1. The van der Waals surface area contributed by atoms with Gasteiger partial charge in [-0.15, -0.1) is 0 Å². The van der Waals surface area contributed by atoms with E-state index in [1.54, 1.807) is 0 Å². The topological polar surface area (TPSA) is 37.3 Å². The van der Waals surface area contributed by atoms with E-state index in [-0.39, 0.29) is 0 Å². The molecular weight excluding hydrogens is 200 g/mol. The lowest BCUT2D eigenvalue weighted by Gasteiger charge is -2.39. The van der Waals surface area contributed by atoms with E-state index in [0.717, 1.165) is 31.6 Å². The first-order valence-electron chi connectivity index (χ1n) is 6.78. The average Bonchev–Trinajstić information content (AvgIpc) is 2.29. The fraction of sp³-hybridized carbons (Fsp3) is 0.929. The summed E-state index contributed by atoms with van der Waals surface area (Å²) in [4.78, 5) is 11.5. The number of hydrogen-bond acceptors (Lipinski definition) is 1. The van der Waals surface area contributed by atoms with Crippen LogP contribution in [0.3, 0.4) is 0 Å². The first kappa shape index (κ1) is 13.5. The molecule has 1 fully saturated rings.